The van der Waals surface area contributed by atoms with Crippen LogP contribution in [-0.2, 0) is 32.1 Å². The van der Waals surface area contributed by atoms with Gasteiger partial charge < -0.3 is 18.9 Å². The van der Waals surface area contributed by atoms with Gasteiger partial charge in [-0.05, 0) is 68.4 Å². The Morgan fingerprint density at radius 2 is 1.88 bits per heavy atom. The number of esters is 1. The van der Waals surface area contributed by atoms with Crippen LogP contribution in [0.4, 0.5) is 0 Å². The third-order valence-corrected chi connectivity index (χ3v) is 6.33. The van der Waals surface area contributed by atoms with Gasteiger partial charge in [-0.2, -0.15) is 0 Å². The minimum Gasteiger partial charge on any atom is -0.474 e. The summed E-state index contributed by atoms with van der Waals surface area (Å²) in [6.45, 7) is 6.99. The van der Waals surface area contributed by atoms with Crippen molar-refractivity contribution in [2.45, 2.75) is 59.4 Å². The number of hydrogen-bond acceptors (Lipinski definition) is 6. The summed E-state index contributed by atoms with van der Waals surface area (Å²) in [6, 6.07) is 5.49. The van der Waals surface area contributed by atoms with Crippen molar-refractivity contribution < 1.29 is 23.9 Å². The van der Waals surface area contributed by atoms with Crippen LogP contribution < -0.4 is 0 Å². The average molecular weight is 509 g/mol. The predicted molar refractivity (Wildman–Crippen MR) is 132 cm³/mol. The van der Waals surface area contributed by atoms with E-state index in [2.05, 4.69) is 9.72 Å². The Morgan fingerprint density at radius 1 is 1.12 bits per heavy atom. The zero-order valence-corrected chi connectivity index (χ0v) is 21.3. The maximum absolute atomic E-state index is 12.8. The van der Waals surface area contributed by atoms with E-state index in [1.165, 1.54) is 0 Å². The molecular formula is C25H30Cl2N2O5. The van der Waals surface area contributed by atoms with Gasteiger partial charge in [0, 0.05) is 30.6 Å². The summed E-state index contributed by atoms with van der Waals surface area (Å²) in [6.07, 6.45) is 2.82. The maximum Gasteiger partial charge on any atom is 0.305 e. The molecule has 0 N–H and O–H groups in total. The largest absolute Gasteiger partial charge is 0.474 e. The lowest BCUT2D eigenvalue weighted by Crippen LogP contribution is -2.18. The van der Waals surface area contributed by atoms with E-state index >= 15 is 0 Å². The molecule has 0 spiro atoms. The van der Waals surface area contributed by atoms with Crippen LogP contribution in [0.1, 0.15) is 72.4 Å². The van der Waals surface area contributed by atoms with E-state index in [1.54, 1.807) is 13.0 Å². The Morgan fingerprint density at radius 3 is 2.59 bits per heavy atom. The van der Waals surface area contributed by atoms with Gasteiger partial charge in [0.15, 0.2) is 5.78 Å². The number of ether oxygens (including phenoxy) is 2. The van der Waals surface area contributed by atoms with Gasteiger partial charge in [0.1, 0.15) is 12.3 Å². The topological polar surface area (TPSA) is 79.1 Å². The van der Waals surface area contributed by atoms with Crippen LogP contribution >= 0.6 is 23.2 Å². The molecule has 34 heavy (non-hydrogen) atoms. The zero-order valence-electron chi connectivity index (χ0n) is 19.8. The third-order valence-electron chi connectivity index (χ3n) is 5.59. The first-order valence-electron chi connectivity index (χ1n) is 11.5. The van der Waals surface area contributed by atoms with Crippen molar-refractivity contribution in [1.82, 2.24) is 4.57 Å². The molecule has 9 heteroatoms. The molecule has 1 aromatic heterocycles. The van der Waals surface area contributed by atoms with Crippen molar-refractivity contribution >= 4 is 40.9 Å². The number of halogens is 2. The van der Waals surface area contributed by atoms with Crippen LogP contribution in [0.15, 0.2) is 23.4 Å². The molecule has 1 aliphatic carbocycles. The highest BCUT2D eigenvalue weighted by Gasteiger charge is 2.30. The summed E-state index contributed by atoms with van der Waals surface area (Å²) in [4.78, 5) is 29.8. The molecule has 2 aromatic rings. The zero-order chi connectivity index (χ0) is 24.7. The van der Waals surface area contributed by atoms with Crippen LogP contribution in [-0.4, -0.2) is 42.0 Å². The van der Waals surface area contributed by atoms with Gasteiger partial charge in [0.25, 0.3) is 5.90 Å². The lowest BCUT2D eigenvalue weighted by molar-refractivity contribution is -0.143. The normalized spacial score (nSPS) is 13.6. The molecule has 1 aliphatic rings. The number of oxime groups is 1. The van der Waals surface area contributed by atoms with E-state index in [9.17, 15) is 9.59 Å². The van der Waals surface area contributed by atoms with Crippen LogP contribution in [0.5, 0.6) is 0 Å². The molecule has 0 saturated heterocycles. The molecule has 0 bridgehead atoms. The average Bonchev–Trinajstić information content (AvgIpc) is 3.08. The molecular weight excluding hydrogens is 479 g/mol. The van der Waals surface area contributed by atoms with E-state index in [4.69, 9.17) is 37.5 Å². The van der Waals surface area contributed by atoms with Crippen molar-refractivity contribution in [3.8, 4) is 0 Å². The van der Waals surface area contributed by atoms with Gasteiger partial charge in [-0.25, -0.2) is 0 Å². The van der Waals surface area contributed by atoms with E-state index < -0.39 is 0 Å². The quantitative estimate of drug-likeness (QED) is 0.134. The highest BCUT2D eigenvalue weighted by molar-refractivity contribution is 6.42. The van der Waals surface area contributed by atoms with E-state index in [0.29, 0.717) is 54.2 Å². The molecule has 0 amide bonds. The van der Waals surface area contributed by atoms with Crippen molar-refractivity contribution in [2.24, 2.45) is 5.16 Å². The van der Waals surface area contributed by atoms with Gasteiger partial charge in [0.2, 0.25) is 0 Å². The lowest BCUT2D eigenvalue weighted by Gasteiger charge is -2.17. The van der Waals surface area contributed by atoms with Crippen molar-refractivity contribution in [3.05, 3.63) is 56.3 Å². The molecule has 0 fully saturated rings. The first-order chi connectivity index (χ1) is 16.4. The fraction of sp³-hybridized carbons (Fsp3) is 0.480. The molecule has 0 aliphatic heterocycles. The van der Waals surface area contributed by atoms with E-state index in [-0.39, 0.29) is 24.8 Å². The minimum absolute atomic E-state index is 0.124. The van der Waals surface area contributed by atoms with Gasteiger partial charge >= 0.3 is 5.97 Å². The highest BCUT2D eigenvalue weighted by Crippen LogP contribution is 2.32. The van der Waals surface area contributed by atoms with Gasteiger partial charge in [0.05, 0.1) is 23.3 Å². The van der Waals surface area contributed by atoms with Gasteiger partial charge in [-0.15, -0.1) is 0 Å². The summed E-state index contributed by atoms with van der Waals surface area (Å²) in [5.74, 6) is 0.162. The number of hydrogen-bond donors (Lipinski definition) is 0. The Hall–Kier alpha value is -2.51. The SMILES string of the molecule is CCOC(=O)CCCON=C(OCC)c1c(C)c2c(n1Cc1ccc(Cl)c(Cl)c1)CCCC2=O. The van der Waals surface area contributed by atoms with E-state index in [0.717, 1.165) is 35.2 Å². The molecule has 7 nitrogen and oxygen atoms in total. The van der Waals surface area contributed by atoms with Crippen molar-refractivity contribution in [3.63, 3.8) is 0 Å². The van der Waals surface area contributed by atoms with Crippen LogP contribution in [0.2, 0.25) is 10.0 Å². The number of Topliss-reactive ketones (excluding diaryl/α,β-unsaturated/α-hetero) is 1. The van der Waals surface area contributed by atoms with Crippen LogP contribution in [0.25, 0.3) is 0 Å². The molecule has 1 aromatic carbocycles. The number of fused-ring (bicyclic) bond motifs is 1. The highest BCUT2D eigenvalue weighted by atomic mass is 35.5. The Balaban J connectivity index is 1.93. The predicted octanol–water partition coefficient (Wildman–Crippen LogP) is 5.73. The molecule has 3 rings (SSSR count). The standard InChI is InChI=1S/C25H30Cl2N2O5/c1-4-32-22(31)10-7-13-34-28-25(33-5-2)24-16(3)23-20(8-6-9-21(23)30)29(24)15-17-11-12-18(26)19(27)14-17/h11-12,14H,4-10,13,15H2,1-3H3. The number of nitrogens with zero attached hydrogens (tertiary/aromatic N) is 2. The number of carbonyl (C=O) groups is 2. The second kappa shape index (κ2) is 12.3. The number of carbonyl (C=O) groups excluding carboxylic acids is 2. The fourth-order valence-electron chi connectivity index (χ4n) is 4.14. The van der Waals surface area contributed by atoms with Crippen LogP contribution in [0.3, 0.4) is 0 Å². The van der Waals surface area contributed by atoms with Gasteiger partial charge in [-0.1, -0.05) is 29.3 Å². The molecule has 0 radical (unpaired) electrons. The summed E-state index contributed by atoms with van der Waals surface area (Å²) >= 11 is 12.3. The number of ketones is 1. The van der Waals surface area contributed by atoms with E-state index in [1.807, 2.05) is 26.0 Å². The molecule has 0 atom stereocenters. The smallest absolute Gasteiger partial charge is 0.305 e. The Kier molecular flexibility index (Phi) is 9.42. The molecule has 0 unspecified atom stereocenters. The summed E-state index contributed by atoms with van der Waals surface area (Å²) < 4.78 is 12.9. The molecule has 0 saturated carbocycles. The summed E-state index contributed by atoms with van der Waals surface area (Å²) in [5, 5.41) is 5.21. The van der Waals surface area contributed by atoms with Crippen molar-refractivity contribution in [2.75, 3.05) is 19.8 Å². The number of benzene rings is 1. The van der Waals surface area contributed by atoms with Gasteiger partial charge in [-0.3, -0.25) is 9.59 Å². The number of rotatable bonds is 10. The molecule has 1 heterocycles. The minimum atomic E-state index is -0.266. The Bertz CT molecular complexity index is 1080. The second-order valence-corrected chi connectivity index (χ2v) is 8.79. The Labute approximate surface area is 209 Å². The monoisotopic (exact) mass is 508 g/mol. The number of aromatic nitrogens is 1. The second-order valence-electron chi connectivity index (χ2n) is 7.98. The maximum atomic E-state index is 12.8. The molecule has 184 valence electrons. The first kappa shape index (κ1) is 26.1. The third kappa shape index (κ3) is 6.13. The van der Waals surface area contributed by atoms with Crippen molar-refractivity contribution in [1.29, 1.82) is 0 Å². The lowest BCUT2D eigenvalue weighted by atomic mass is 9.93. The summed E-state index contributed by atoms with van der Waals surface area (Å²) in [7, 11) is 0. The fourth-order valence-corrected chi connectivity index (χ4v) is 4.46. The summed E-state index contributed by atoms with van der Waals surface area (Å²) in [5.41, 5.74) is 4.17. The first-order valence-corrected chi connectivity index (χ1v) is 12.3. The van der Waals surface area contributed by atoms with Crippen LogP contribution in [0, 0.1) is 6.92 Å².